The molecule has 0 saturated carbocycles. The summed E-state index contributed by atoms with van der Waals surface area (Å²) < 4.78 is 0. The quantitative estimate of drug-likeness (QED) is 0.533. The first-order chi connectivity index (χ1) is 6.49. The van der Waals surface area contributed by atoms with E-state index in [9.17, 15) is 0 Å². The molecule has 2 atom stereocenters. The number of hydrogen-bond donors (Lipinski definition) is 0. The lowest BCUT2D eigenvalue weighted by atomic mass is 9.77. The van der Waals surface area contributed by atoms with Crippen molar-refractivity contribution in [2.75, 3.05) is 0 Å². The van der Waals surface area contributed by atoms with Crippen LogP contribution in [0.25, 0.3) is 0 Å². The molecule has 0 fully saturated rings. The summed E-state index contributed by atoms with van der Waals surface area (Å²) in [6.45, 7) is 15.9. The molecule has 0 heterocycles. The molecule has 0 bridgehead atoms. The Balaban J connectivity index is 3.91. The average Bonchev–Trinajstić information content (AvgIpc) is 2.24. The van der Waals surface area contributed by atoms with Crippen molar-refractivity contribution in [3.8, 4) is 0 Å². The van der Waals surface area contributed by atoms with Gasteiger partial charge in [0.1, 0.15) is 0 Å². The van der Waals surface area contributed by atoms with Gasteiger partial charge in [0, 0.05) is 0 Å². The van der Waals surface area contributed by atoms with Gasteiger partial charge in [-0.05, 0) is 37.0 Å². The summed E-state index contributed by atoms with van der Waals surface area (Å²) in [5, 5.41) is 0. The van der Waals surface area contributed by atoms with Crippen LogP contribution in [0.5, 0.6) is 0 Å². The molecule has 0 heteroatoms. The smallest absolute Gasteiger partial charge is 0.0331 e. The molecule has 0 rings (SSSR count). The van der Waals surface area contributed by atoms with E-state index in [1.165, 1.54) is 32.1 Å². The van der Waals surface area contributed by atoms with Gasteiger partial charge in [0.05, 0.1) is 0 Å². The van der Waals surface area contributed by atoms with Crippen molar-refractivity contribution < 1.29 is 0 Å². The molecule has 0 spiro atoms. The largest absolute Gasteiger partial charge is 0.0651 e. The minimum atomic E-state index is 0.571. The lowest BCUT2D eigenvalue weighted by Gasteiger charge is -2.29. The van der Waals surface area contributed by atoms with Crippen LogP contribution in [0.15, 0.2) is 0 Å². The van der Waals surface area contributed by atoms with Crippen molar-refractivity contribution >= 4 is 0 Å². The molecule has 0 N–H and O–H groups in total. The maximum Gasteiger partial charge on any atom is -0.0331 e. The van der Waals surface area contributed by atoms with Crippen LogP contribution in [0.4, 0.5) is 0 Å². The van der Waals surface area contributed by atoms with Gasteiger partial charge in [-0.2, -0.15) is 0 Å². The van der Waals surface area contributed by atoms with Crippen LogP contribution >= 0.6 is 0 Å². The highest BCUT2D eigenvalue weighted by Crippen LogP contribution is 2.34. The van der Waals surface area contributed by atoms with E-state index in [2.05, 4.69) is 41.5 Å². The van der Waals surface area contributed by atoms with Crippen molar-refractivity contribution in [3.63, 3.8) is 0 Å². The highest BCUT2D eigenvalue weighted by atomic mass is 14.3. The number of hydrogen-bond acceptors (Lipinski definition) is 0. The Morgan fingerprint density at radius 3 is 2.00 bits per heavy atom. The van der Waals surface area contributed by atoms with Crippen LogP contribution in [0, 0.1) is 24.2 Å². The second-order valence-electron chi connectivity index (χ2n) is 5.20. The summed E-state index contributed by atoms with van der Waals surface area (Å²) in [7, 11) is 0. The standard InChI is InChI=1S/C14H29/c1-7-12(4)13(5)10-11-14(6,8-2)9-3/h12-13H,4,7-11H2,1-3,5-6H3. The van der Waals surface area contributed by atoms with E-state index in [0.717, 1.165) is 5.92 Å². The van der Waals surface area contributed by atoms with Crippen LogP contribution < -0.4 is 0 Å². The third kappa shape index (κ3) is 4.48. The maximum absolute atomic E-state index is 4.21. The van der Waals surface area contributed by atoms with Crippen molar-refractivity contribution in [3.05, 3.63) is 6.92 Å². The van der Waals surface area contributed by atoms with Crippen molar-refractivity contribution in [1.29, 1.82) is 0 Å². The van der Waals surface area contributed by atoms with Crippen molar-refractivity contribution in [1.82, 2.24) is 0 Å². The number of rotatable bonds is 7. The van der Waals surface area contributed by atoms with Gasteiger partial charge in [-0.25, -0.2) is 0 Å². The Morgan fingerprint density at radius 2 is 1.64 bits per heavy atom. The summed E-state index contributed by atoms with van der Waals surface area (Å²) in [5.74, 6) is 1.44. The average molecular weight is 197 g/mol. The molecule has 0 aliphatic carbocycles. The molecule has 0 aliphatic heterocycles. The van der Waals surface area contributed by atoms with Crippen LogP contribution in [-0.2, 0) is 0 Å². The van der Waals surface area contributed by atoms with Gasteiger partial charge in [-0.3, -0.25) is 0 Å². The van der Waals surface area contributed by atoms with Gasteiger partial charge >= 0.3 is 0 Å². The summed E-state index contributed by atoms with van der Waals surface area (Å²) in [5.41, 5.74) is 0.571. The zero-order chi connectivity index (χ0) is 11.2. The first-order valence-electron chi connectivity index (χ1n) is 6.32. The predicted octanol–water partition coefficient (Wildman–Crippen LogP) is 5.09. The Kier molecular flexibility index (Phi) is 6.48. The van der Waals surface area contributed by atoms with Crippen molar-refractivity contribution in [2.24, 2.45) is 17.3 Å². The minimum Gasteiger partial charge on any atom is -0.0651 e. The maximum atomic E-state index is 4.21. The minimum absolute atomic E-state index is 0.571. The first kappa shape index (κ1) is 14.0. The fraction of sp³-hybridized carbons (Fsp3) is 0.929. The van der Waals surface area contributed by atoms with E-state index in [1.54, 1.807) is 0 Å². The molecule has 0 aromatic carbocycles. The Bertz CT molecular complexity index is 133. The third-order valence-corrected chi connectivity index (χ3v) is 4.24. The van der Waals surface area contributed by atoms with E-state index < -0.39 is 0 Å². The first-order valence-corrected chi connectivity index (χ1v) is 6.32. The Hall–Kier alpha value is 0. The normalized spacial score (nSPS) is 16.7. The molecule has 0 amide bonds. The van der Waals surface area contributed by atoms with Gasteiger partial charge < -0.3 is 0 Å². The van der Waals surface area contributed by atoms with Crippen LogP contribution in [0.2, 0.25) is 0 Å². The second-order valence-corrected chi connectivity index (χ2v) is 5.20. The second kappa shape index (κ2) is 6.48. The molecule has 14 heavy (non-hydrogen) atoms. The third-order valence-electron chi connectivity index (χ3n) is 4.24. The summed E-state index contributed by atoms with van der Waals surface area (Å²) in [4.78, 5) is 0. The summed E-state index contributed by atoms with van der Waals surface area (Å²) in [6, 6.07) is 0. The Morgan fingerprint density at radius 1 is 1.14 bits per heavy atom. The fourth-order valence-corrected chi connectivity index (χ4v) is 1.82. The monoisotopic (exact) mass is 197 g/mol. The van der Waals surface area contributed by atoms with E-state index in [1.807, 2.05) is 0 Å². The zero-order valence-electron chi connectivity index (χ0n) is 10.9. The van der Waals surface area contributed by atoms with Crippen LogP contribution in [0.3, 0.4) is 0 Å². The topological polar surface area (TPSA) is 0 Å². The molecule has 0 aliphatic rings. The fourth-order valence-electron chi connectivity index (χ4n) is 1.82. The molecule has 0 nitrogen and oxygen atoms in total. The molecule has 2 unspecified atom stereocenters. The van der Waals surface area contributed by atoms with E-state index >= 15 is 0 Å². The lowest BCUT2D eigenvalue weighted by molar-refractivity contribution is 0.232. The SMILES string of the molecule is [CH2]C(CC)C(C)CCC(C)(CC)CC. The Labute approximate surface area is 91.5 Å². The lowest BCUT2D eigenvalue weighted by Crippen LogP contribution is -2.17. The molecule has 0 aromatic heterocycles. The molecule has 0 saturated heterocycles. The van der Waals surface area contributed by atoms with E-state index in [0.29, 0.717) is 11.3 Å². The molecule has 85 valence electrons. The zero-order valence-corrected chi connectivity index (χ0v) is 10.9. The predicted molar refractivity (Wildman–Crippen MR) is 66.2 cm³/mol. The van der Waals surface area contributed by atoms with Gasteiger partial charge in [0.2, 0.25) is 0 Å². The summed E-state index contributed by atoms with van der Waals surface area (Å²) in [6.07, 6.45) is 6.55. The molecular weight excluding hydrogens is 168 g/mol. The van der Waals surface area contributed by atoms with Crippen LogP contribution in [0.1, 0.15) is 66.7 Å². The van der Waals surface area contributed by atoms with Gasteiger partial charge in [-0.1, -0.05) is 53.9 Å². The van der Waals surface area contributed by atoms with E-state index in [-0.39, 0.29) is 0 Å². The van der Waals surface area contributed by atoms with Gasteiger partial charge in [0.15, 0.2) is 0 Å². The van der Waals surface area contributed by atoms with Gasteiger partial charge in [0.25, 0.3) is 0 Å². The van der Waals surface area contributed by atoms with Gasteiger partial charge in [-0.15, -0.1) is 0 Å². The van der Waals surface area contributed by atoms with Crippen LogP contribution in [-0.4, -0.2) is 0 Å². The highest BCUT2D eigenvalue weighted by Gasteiger charge is 2.21. The summed E-state index contributed by atoms with van der Waals surface area (Å²) >= 11 is 0. The van der Waals surface area contributed by atoms with E-state index in [4.69, 9.17) is 0 Å². The molecule has 1 radical (unpaired) electrons. The highest BCUT2D eigenvalue weighted by molar-refractivity contribution is 4.74. The molecule has 0 aromatic rings. The molecular formula is C14H29. The van der Waals surface area contributed by atoms with Crippen molar-refractivity contribution in [2.45, 2.75) is 66.7 Å².